The summed E-state index contributed by atoms with van der Waals surface area (Å²) in [5.74, 6) is 0.828. The third-order valence-corrected chi connectivity index (χ3v) is 5.74. The molecule has 0 bridgehead atoms. The number of benzene rings is 2. The Balaban J connectivity index is 1.58. The van der Waals surface area contributed by atoms with Crippen molar-refractivity contribution < 1.29 is 0 Å². The molecule has 2 aromatic heterocycles. The van der Waals surface area contributed by atoms with Crippen LogP contribution in [0.15, 0.2) is 71.2 Å². The van der Waals surface area contributed by atoms with Crippen LogP contribution in [-0.2, 0) is 6.42 Å². The summed E-state index contributed by atoms with van der Waals surface area (Å²) >= 11 is 1.74. The lowest BCUT2D eigenvalue weighted by atomic mass is 10.1. The average molecular weight is 358 g/mol. The summed E-state index contributed by atoms with van der Waals surface area (Å²) in [6, 6.07) is 16.7. The van der Waals surface area contributed by atoms with Crippen LogP contribution in [0.3, 0.4) is 0 Å². The highest BCUT2D eigenvalue weighted by molar-refractivity contribution is 7.99. The second-order valence-electron chi connectivity index (χ2n) is 6.35. The molecule has 4 nitrogen and oxygen atoms in total. The van der Waals surface area contributed by atoms with E-state index in [1.54, 1.807) is 11.8 Å². The monoisotopic (exact) mass is 358 g/mol. The fourth-order valence-electron chi connectivity index (χ4n) is 3.45. The van der Waals surface area contributed by atoms with Crippen LogP contribution < -0.4 is 0 Å². The van der Waals surface area contributed by atoms with Crippen molar-refractivity contribution in [2.24, 2.45) is 5.10 Å². The molecule has 2 aromatic carbocycles. The first-order valence-electron chi connectivity index (χ1n) is 8.78. The molecule has 1 aliphatic heterocycles. The SMILES string of the molecule is CCc1cccc2c(C3=Nn4cc(-c5ccccc5)nc4SC3)c[nH]c12. The molecule has 0 fully saturated rings. The van der Waals surface area contributed by atoms with Gasteiger partial charge in [-0.25, -0.2) is 9.66 Å². The van der Waals surface area contributed by atoms with Gasteiger partial charge in [0.2, 0.25) is 0 Å². The van der Waals surface area contributed by atoms with Gasteiger partial charge in [0.15, 0.2) is 5.16 Å². The molecule has 0 saturated heterocycles. The highest BCUT2D eigenvalue weighted by Gasteiger charge is 2.20. The number of aryl methyl sites for hydroxylation is 1. The van der Waals surface area contributed by atoms with E-state index in [9.17, 15) is 0 Å². The summed E-state index contributed by atoms with van der Waals surface area (Å²) in [7, 11) is 0. The third kappa shape index (κ3) is 2.47. The van der Waals surface area contributed by atoms with Crippen LogP contribution in [0.25, 0.3) is 22.2 Å². The molecule has 128 valence electrons. The zero-order valence-electron chi connectivity index (χ0n) is 14.4. The standard InChI is InChI=1S/C21H18N4S/c1-2-14-9-6-10-16-17(11-22-20(14)16)19-13-26-21-23-18(12-25(21)24-19)15-7-4-3-5-8-15/h3-12,22H,2,13H2,1H3. The van der Waals surface area contributed by atoms with E-state index in [1.165, 1.54) is 22.0 Å². The Morgan fingerprint density at radius 1 is 1.12 bits per heavy atom. The lowest BCUT2D eigenvalue weighted by Crippen LogP contribution is -2.12. The number of para-hydroxylation sites is 1. The van der Waals surface area contributed by atoms with Crippen molar-refractivity contribution in [1.82, 2.24) is 14.6 Å². The van der Waals surface area contributed by atoms with Crippen LogP contribution >= 0.6 is 11.8 Å². The van der Waals surface area contributed by atoms with Gasteiger partial charge in [-0.15, -0.1) is 0 Å². The van der Waals surface area contributed by atoms with Crippen LogP contribution in [0.4, 0.5) is 0 Å². The number of aromatic amines is 1. The predicted molar refractivity (Wildman–Crippen MR) is 108 cm³/mol. The number of imidazole rings is 1. The summed E-state index contributed by atoms with van der Waals surface area (Å²) in [5, 5.41) is 7.06. The van der Waals surface area contributed by atoms with Gasteiger partial charge in [-0.05, 0) is 12.0 Å². The number of thioether (sulfide) groups is 1. The van der Waals surface area contributed by atoms with Crippen LogP contribution in [0.2, 0.25) is 0 Å². The summed E-state index contributed by atoms with van der Waals surface area (Å²) in [6.07, 6.45) is 5.12. The maximum absolute atomic E-state index is 4.87. The first-order valence-corrected chi connectivity index (χ1v) is 9.77. The normalized spacial score (nSPS) is 13.7. The Morgan fingerprint density at radius 2 is 2.00 bits per heavy atom. The molecule has 5 heteroatoms. The Kier molecular flexibility index (Phi) is 3.68. The number of nitrogens with zero attached hydrogens (tertiary/aromatic N) is 3. The molecule has 0 amide bonds. The van der Waals surface area contributed by atoms with Gasteiger partial charge < -0.3 is 4.98 Å². The number of fused-ring (bicyclic) bond motifs is 2. The Hall–Kier alpha value is -2.79. The van der Waals surface area contributed by atoms with E-state index in [4.69, 9.17) is 10.1 Å². The van der Waals surface area contributed by atoms with E-state index in [-0.39, 0.29) is 0 Å². The number of hydrogen-bond donors (Lipinski definition) is 1. The van der Waals surface area contributed by atoms with Crippen LogP contribution in [-0.4, -0.2) is 26.1 Å². The van der Waals surface area contributed by atoms with Crippen molar-refractivity contribution >= 4 is 28.4 Å². The van der Waals surface area contributed by atoms with Gasteiger partial charge in [-0.2, -0.15) is 5.10 Å². The second-order valence-corrected chi connectivity index (χ2v) is 7.29. The van der Waals surface area contributed by atoms with E-state index in [0.29, 0.717) is 0 Å². The zero-order valence-corrected chi connectivity index (χ0v) is 15.3. The van der Waals surface area contributed by atoms with Crippen LogP contribution in [0.1, 0.15) is 18.1 Å². The van der Waals surface area contributed by atoms with Gasteiger partial charge >= 0.3 is 0 Å². The van der Waals surface area contributed by atoms with Gasteiger partial charge in [-0.3, -0.25) is 0 Å². The van der Waals surface area contributed by atoms with E-state index in [1.807, 2.05) is 29.1 Å². The quantitative estimate of drug-likeness (QED) is 0.563. The molecule has 0 saturated carbocycles. The van der Waals surface area contributed by atoms with Crippen LogP contribution in [0, 0.1) is 0 Å². The highest BCUT2D eigenvalue weighted by Crippen LogP contribution is 2.30. The van der Waals surface area contributed by atoms with E-state index in [2.05, 4.69) is 48.4 Å². The van der Waals surface area contributed by atoms with Crippen molar-refractivity contribution in [2.45, 2.75) is 18.5 Å². The number of aromatic nitrogens is 3. The predicted octanol–water partition coefficient (Wildman–Crippen LogP) is 4.95. The molecule has 0 unspecified atom stereocenters. The summed E-state index contributed by atoms with van der Waals surface area (Å²) in [4.78, 5) is 8.18. The first-order chi connectivity index (χ1) is 12.8. The maximum atomic E-state index is 4.87. The molecule has 1 N–H and O–H groups in total. The molecule has 26 heavy (non-hydrogen) atoms. The summed E-state index contributed by atoms with van der Waals surface area (Å²) in [5.41, 5.74) is 6.91. The van der Waals surface area contributed by atoms with Gasteiger partial charge in [-0.1, -0.05) is 67.2 Å². The first kappa shape index (κ1) is 15.5. The Bertz CT molecular complexity index is 1120. The number of nitrogens with one attached hydrogen (secondary N) is 1. The minimum atomic E-state index is 0.828. The lowest BCUT2D eigenvalue weighted by Gasteiger charge is -2.12. The van der Waals surface area contributed by atoms with Gasteiger partial charge in [0.05, 0.1) is 17.6 Å². The van der Waals surface area contributed by atoms with Gasteiger partial charge in [0.1, 0.15) is 0 Å². The Labute approximate surface area is 156 Å². The maximum Gasteiger partial charge on any atom is 0.189 e. The lowest BCUT2D eigenvalue weighted by molar-refractivity contribution is 0.757. The van der Waals surface area contributed by atoms with Crippen molar-refractivity contribution in [2.75, 3.05) is 5.75 Å². The van der Waals surface area contributed by atoms with Gasteiger partial charge in [0, 0.05) is 34.0 Å². The number of H-pyrrole nitrogens is 1. The number of rotatable bonds is 3. The van der Waals surface area contributed by atoms with Crippen molar-refractivity contribution in [3.05, 3.63) is 72.1 Å². The number of hydrogen-bond acceptors (Lipinski definition) is 3. The summed E-state index contributed by atoms with van der Waals surface area (Å²) in [6.45, 7) is 2.19. The molecule has 0 spiro atoms. The largest absolute Gasteiger partial charge is 0.360 e. The molecular weight excluding hydrogens is 340 g/mol. The van der Waals surface area contributed by atoms with Crippen molar-refractivity contribution in [3.63, 3.8) is 0 Å². The van der Waals surface area contributed by atoms with E-state index in [0.717, 1.165) is 34.3 Å². The van der Waals surface area contributed by atoms with Gasteiger partial charge in [0.25, 0.3) is 0 Å². The van der Waals surface area contributed by atoms with E-state index >= 15 is 0 Å². The third-order valence-electron chi connectivity index (χ3n) is 4.79. The topological polar surface area (TPSA) is 46.0 Å². The molecular formula is C21H18N4S. The molecule has 5 rings (SSSR count). The van der Waals surface area contributed by atoms with Crippen molar-refractivity contribution in [1.29, 1.82) is 0 Å². The fraction of sp³-hybridized carbons (Fsp3) is 0.143. The molecule has 4 aromatic rings. The summed E-state index contributed by atoms with van der Waals surface area (Å²) < 4.78 is 1.91. The second kappa shape index (κ2) is 6.18. The minimum Gasteiger partial charge on any atom is -0.360 e. The fourth-order valence-corrected chi connectivity index (χ4v) is 4.31. The molecule has 0 atom stereocenters. The average Bonchev–Trinajstić information content (AvgIpc) is 3.32. The molecule has 0 radical (unpaired) electrons. The minimum absolute atomic E-state index is 0.828. The molecule has 3 heterocycles. The smallest absolute Gasteiger partial charge is 0.189 e. The molecule has 1 aliphatic rings. The highest BCUT2D eigenvalue weighted by atomic mass is 32.2. The van der Waals surface area contributed by atoms with Crippen molar-refractivity contribution in [3.8, 4) is 11.3 Å². The Morgan fingerprint density at radius 3 is 2.85 bits per heavy atom. The zero-order chi connectivity index (χ0) is 17.5. The molecule has 0 aliphatic carbocycles. The van der Waals surface area contributed by atoms with Crippen LogP contribution in [0.5, 0.6) is 0 Å². The van der Waals surface area contributed by atoms with E-state index < -0.39 is 0 Å².